The van der Waals surface area contributed by atoms with E-state index in [1.807, 2.05) is 42.5 Å². The maximum absolute atomic E-state index is 13.2. The van der Waals surface area contributed by atoms with Gasteiger partial charge in [-0.15, -0.1) is 0 Å². The molecule has 1 fully saturated rings. The second kappa shape index (κ2) is 10.9. The molecule has 1 aliphatic rings. The molecule has 0 saturated carbocycles. The van der Waals surface area contributed by atoms with Crippen LogP contribution in [0, 0.1) is 5.82 Å². The predicted molar refractivity (Wildman–Crippen MR) is 131 cm³/mol. The molecule has 176 valence electrons. The summed E-state index contributed by atoms with van der Waals surface area (Å²) in [6.45, 7) is 4.43. The van der Waals surface area contributed by atoms with E-state index < -0.39 is 5.91 Å². The fourth-order valence-corrected chi connectivity index (χ4v) is 4.23. The quantitative estimate of drug-likeness (QED) is 0.538. The average molecular weight is 461 g/mol. The Kier molecular flexibility index (Phi) is 7.54. The van der Waals surface area contributed by atoms with Gasteiger partial charge in [-0.25, -0.2) is 4.39 Å². The van der Waals surface area contributed by atoms with Crippen LogP contribution in [-0.4, -0.2) is 49.4 Å². The fourth-order valence-electron chi connectivity index (χ4n) is 4.23. The molecule has 0 bridgehead atoms. The zero-order valence-corrected chi connectivity index (χ0v) is 19.0. The molecule has 7 heteroatoms. The lowest BCUT2D eigenvalue weighted by Gasteiger charge is -2.36. The van der Waals surface area contributed by atoms with Crippen molar-refractivity contribution in [3.8, 4) is 0 Å². The van der Waals surface area contributed by atoms with Crippen LogP contribution in [0.4, 0.5) is 10.1 Å². The molecule has 1 saturated heterocycles. The minimum atomic E-state index is -0.421. The van der Waals surface area contributed by atoms with Crippen molar-refractivity contribution in [2.75, 3.05) is 37.6 Å². The zero-order chi connectivity index (χ0) is 23.9. The molecular weight excluding hydrogens is 431 g/mol. The maximum atomic E-state index is 13.2. The third kappa shape index (κ3) is 5.99. The number of halogens is 1. The van der Waals surface area contributed by atoms with E-state index in [0.29, 0.717) is 11.1 Å². The minimum Gasteiger partial charge on any atom is -0.369 e. The van der Waals surface area contributed by atoms with E-state index in [9.17, 15) is 14.0 Å². The van der Waals surface area contributed by atoms with Gasteiger partial charge in [0.2, 0.25) is 5.91 Å². The molecule has 0 aliphatic carbocycles. The van der Waals surface area contributed by atoms with Gasteiger partial charge in [0, 0.05) is 49.5 Å². The highest BCUT2D eigenvalue weighted by molar-refractivity contribution is 5.94. The van der Waals surface area contributed by atoms with Gasteiger partial charge in [0.1, 0.15) is 5.82 Å². The van der Waals surface area contributed by atoms with Crippen molar-refractivity contribution in [1.29, 1.82) is 0 Å². The third-order valence-corrected chi connectivity index (χ3v) is 6.24. The molecule has 0 radical (unpaired) electrons. The molecule has 1 heterocycles. The Morgan fingerprint density at radius 1 is 0.853 bits per heavy atom. The lowest BCUT2D eigenvalue weighted by atomic mass is 10.0. The van der Waals surface area contributed by atoms with Crippen LogP contribution in [-0.2, 0) is 0 Å². The Bertz CT molecular complexity index is 1100. The van der Waals surface area contributed by atoms with Crippen LogP contribution in [0.25, 0.3) is 0 Å². The number of carbonyl (C=O) groups excluding carboxylic acids is 2. The summed E-state index contributed by atoms with van der Waals surface area (Å²) in [5.74, 6) is -0.993. The number of hydrogen-bond acceptors (Lipinski definition) is 4. The van der Waals surface area contributed by atoms with Crippen LogP contribution in [0.5, 0.6) is 0 Å². The van der Waals surface area contributed by atoms with Crippen LogP contribution in [0.2, 0.25) is 0 Å². The van der Waals surface area contributed by atoms with E-state index in [0.717, 1.165) is 50.4 Å². The number of amides is 2. The molecule has 3 aromatic rings. The number of piperazine rings is 1. The first-order valence-corrected chi connectivity index (χ1v) is 11.5. The first-order valence-electron chi connectivity index (χ1n) is 11.5. The Balaban J connectivity index is 1.34. The summed E-state index contributed by atoms with van der Waals surface area (Å²) in [6, 6.07) is 22.8. The summed E-state index contributed by atoms with van der Waals surface area (Å²) in [5, 5.41) is 3.12. The van der Waals surface area contributed by atoms with Gasteiger partial charge in [-0.05, 0) is 60.5 Å². The summed E-state index contributed by atoms with van der Waals surface area (Å²) in [7, 11) is 0. The molecule has 1 unspecified atom stereocenters. The van der Waals surface area contributed by atoms with Gasteiger partial charge in [0.25, 0.3) is 5.91 Å². The zero-order valence-electron chi connectivity index (χ0n) is 19.0. The van der Waals surface area contributed by atoms with E-state index >= 15 is 0 Å². The normalized spacial score (nSPS) is 15.0. The van der Waals surface area contributed by atoms with Gasteiger partial charge in [-0.2, -0.15) is 0 Å². The molecular formula is C27H29FN4O2. The maximum Gasteiger partial charge on any atom is 0.251 e. The number of nitrogens with one attached hydrogen (secondary N) is 1. The summed E-state index contributed by atoms with van der Waals surface area (Å²) in [4.78, 5) is 28.8. The number of nitrogens with zero attached hydrogens (tertiary/aromatic N) is 2. The van der Waals surface area contributed by atoms with E-state index in [-0.39, 0.29) is 17.8 Å². The van der Waals surface area contributed by atoms with Gasteiger partial charge in [0.05, 0.1) is 6.04 Å². The van der Waals surface area contributed by atoms with Crippen molar-refractivity contribution in [2.45, 2.75) is 12.5 Å². The molecule has 1 aliphatic heterocycles. The lowest BCUT2D eigenvalue weighted by Crippen LogP contribution is -2.47. The molecule has 0 aromatic heterocycles. The van der Waals surface area contributed by atoms with E-state index in [4.69, 9.17) is 5.73 Å². The number of anilines is 1. The molecule has 3 aromatic carbocycles. The van der Waals surface area contributed by atoms with Crippen molar-refractivity contribution in [3.05, 3.63) is 101 Å². The first-order chi connectivity index (χ1) is 16.5. The highest BCUT2D eigenvalue weighted by atomic mass is 19.1. The summed E-state index contributed by atoms with van der Waals surface area (Å²) >= 11 is 0. The third-order valence-electron chi connectivity index (χ3n) is 6.24. The minimum absolute atomic E-state index is 0.141. The molecule has 1 atom stereocenters. The average Bonchev–Trinajstić information content (AvgIpc) is 2.87. The SMILES string of the molecule is NC(=O)c1ccc(N2CCN(CCC(NC(=O)c3ccc(F)cc3)c3ccccc3)CC2)cc1. The summed E-state index contributed by atoms with van der Waals surface area (Å²) in [6.07, 6.45) is 0.768. The number of rotatable bonds is 8. The highest BCUT2D eigenvalue weighted by Crippen LogP contribution is 2.21. The smallest absolute Gasteiger partial charge is 0.251 e. The van der Waals surface area contributed by atoms with Crippen molar-refractivity contribution >= 4 is 17.5 Å². The van der Waals surface area contributed by atoms with Crippen molar-refractivity contribution in [3.63, 3.8) is 0 Å². The van der Waals surface area contributed by atoms with Crippen LogP contribution >= 0.6 is 0 Å². The second-order valence-electron chi connectivity index (χ2n) is 8.47. The van der Waals surface area contributed by atoms with E-state index in [2.05, 4.69) is 15.1 Å². The predicted octanol–water partition coefficient (Wildman–Crippen LogP) is 3.61. The largest absolute Gasteiger partial charge is 0.369 e. The van der Waals surface area contributed by atoms with Gasteiger partial charge >= 0.3 is 0 Å². The molecule has 0 spiro atoms. The molecule has 6 nitrogen and oxygen atoms in total. The van der Waals surface area contributed by atoms with E-state index in [1.165, 1.54) is 24.3 Å². The van der Waals surface area contributed by atoms with Crippen LogP contribution < -0.4 is 16.0 Å². The number of hydrogen-bond donors (Lipinski definition) is 2. The number of nitrogens with two attached hydrogens (primary N) is 1. The number of benzene rings is 3. The highest BCUT2D eigenvalue weighted by Gasteiger charge is 2.21. The van der Waals surface area contributed by atoms with Crippen molar-refractivity contribution in [2.24, 2.45) is 5.73 Å². The number of carbonyl (C=O) groups is 2. The monoisotopic (exact) mass is 460 g/mol. The van der Waals surface area contributed by atoms with Crippen LogP contribution in [0.1, 0.15) is 38.7 Å². The Morgan fingerprint density at radius 3 is 2.09 bits per heavy atom. The molecule has 3 N–H and O–H groups in total. The fraction of sp³-hybridized carbons (Fsp3) is 0.259. The first kappa shape index (κ1) is 23.4. The molecule has 2 amide bonds. The van der Waals surface area contributed by atoms with Gasteiger partial charge in [-0.3, -0.25) is 14.5 Å². The topological polar surface area (TPSA) is 78.7 Å². The molecule has 34 heavy (non-hydrogen) atoms. The van der Waals surface area contributed by atoms with Crippen LogP contribution in [0.15, 0.2) is 78.9 Å². The van der Waals surface area contributed by atoms with E-state index in [1.54, 1.807) is 12.1 Å². The Morgan fingerprint density at radius 2 is 1.47 bits per heavy atom. The van der Waals surface area contributed by atoms with Gasteiger partial charge < -0.3 is 16.0 Å². The van der Waals surface area contributed by atoms with Crippen molar-refractivity contribution < 1.29 is 14.0 Å². The summed E-state index contributed by atoms with van der Waals surface area (Å²) in [5.41, 5.74) is 8.41. The Labute approximate surface area is 199 Å². The standard InChI is InChI=1S/C27H29FN4O2/c28-23-10-6-22(7-11-23)27(34)30-25(20-4-2-1-3-5-20)14-15-31-16-18-32(19-17-31)24-12-8-21(9-13-24)26(29)33/h1-13,25H,14-19H2,(H2,29,33)(H,30,34). The second-order valence-corrected chi connectivity index (χ2v) is 8.47. The molecule has 4 rings (SSSR count). The van der Waals surface area contributed by atoms with Crippen molar-refractivity contribution in [1.82, 2.24) is 10.2 Å². The van der Waals surface area contributed by atoms with Gasteiger partial charge in [0.15, 0.2) is 0 Å². The lowest BCUT2D eigenvalue weighted by molar-refractivity contribution is 0.0930. The Hall–Kier alpha value is -3.71. The summed E-state index contributed by atoms with van der Waals surface area (Å²) < 4.78 is 13.2. The van der Waals surface area contributed by atoms with Gasteiger partial charge in [-0.1, -0.05) is 30.3 Å². The number of primary amides is 1. The van der Waals surface area contributed by atoms with Crippen LogP contribution in [0.3, 0.4) is 0 Å².